The molecule has 0 spiro atoms. The second-order valence-corrected chi connectivity index (χ2v) is 5.49. The zero-order chi connectivity index (χ0) is 12.5. The SMILES string of the molecule is c1ccc(CCCCCCC2CCCC[N]2)cc1. The molecule has 0 aliphatic carbocycles. The van der Waals surface area contributed by atoms with Crippen molar-refractivity contribution in [3.63, 3.8) is 0 Å². The van der Waals surface area contributed by atoms with Gasteiger partial charge in [0.2, 0.25) is 0 Å². The van der Waals surface area contributed by atoms with Gasteiger partial charge in [0.15, 0.2) is 0 Å². The molecule has 0 amide bonds. The van der Waals surface area contributed by atoms with Crippen molar-refractivity contribution in [2.75, 3.05) is 6.54 Å². The average molecular weight is 244 g/mol. The van der Waals surface area contributed by atoms with Crippen LogP contribution < -0.4 is 5.32 Å². The summed E-state index contributed by atoms with van der Waals surface area (Å²) < 4.78 is 0. The van der Waals surface area contributed by atoms with Crippen LogP contribution in [0.25, 0.3) is 0 Å². The third-order valence-electron chi connectivity index (χ3n) is 3.93. The third-order valence-corrected chi connectivity index (χ3v) is 3.93. The van der Waals surface area contributed by atoms with Crippen LogP contribution in [0.15, 0.2) is 30.3 Å². The minimum Gasteiger partial charge on any atom is -0.238 e. The number of unbranched alkanes of at least 4 members (excludes halogenated alkanes) is 3. The molecule has 1 fully saturated rings. The molecule has 1 atom stereocenters. The van der Waals surface area contributed by atoms with E-state index in [1.54, 1.807) is 0 Å². The smallest absolute Gasteiger partial charge is 0.0246 e. The summed E-state index contributed by atoms with van der Waals surface area (Å²) in [7, 11) is 0. The molecule has 1 aromatic rings. The third kappa shape index (κ3) is 5.22. The molecule has 1 unspecified atom stereocenters. The largest absolute Gasteiger partial charge is 0.238 e. The lowest BCUT2D eigenvalue weighted by molar-refractivity contribution is 0.363. The van der Waals surface area contributed by atoms with Crippen molar-refractivity contribution in [2.24, 2.45) is 0 Å². The fraction of sp³-hybridized carbons (Fsp3) is 0.647. The van der Waals surface area contributed by atoms with Gasteiger partial charge >= 0.3 is 0 Å². The van der Waals surface area contributed by atoms with E-state index in [-0.39, 0.29) is 0 Å². The Morgan fingerprint density at radius 3 is 2.56 bits per heavy atom. The van der Waals surface area contributed by atoms with Crippen molar-refractivity contribution in [2.45, 2.75) is 63.8 Å². The van der Waals surface area contributed by atoms with E-state index in [4.69, 9.17) is 5.32 Å². The second kappa shape index (κ2) is 8.31. The number of benzene rings is 1. The first-order valence-electron chi connectivity index (χ1n) is 7.66. The molecule has 1 aliphatic rings. The maximum atomic E-state index is 4.69. The van der Waals surface area contributed by atoms with Gasteiger partial charge in [-0.1, -0.05) is 56.0 Å². The Kier molecular flexibility index (Phi) is 6.28. The first-order valence-corrected chi connectivity index (χ1v) is 7.66. The predicted molar refractivity (Wildman–Crippen MR) is 77.9 cm³/mol. The lowest BCUT2D eigenvalue weighted by Crippen LogP contribution is -2.27. The van der Waals surface area contributed by atoms with E-state index in [1.165, 1.54) is 63.4 Å². The number of hydrogen-bond acceptors (Lipinski definition) is 0. The molecule has 1 aliphatic heterocycles. The first-order chi connectivity index (χ1) is 8.95. The van der Waals surface area contributed by atoms with E-state index in [0.29, 0.717) is 6.04 Å². The summed E-state index contributed by atoms with van der Waals surface area (Å²) in [6.45, 7) is 1.12. The van der Waals surface area contributed by atoms with Crippen LogP contribution in [0.2, 0.25) is 0 Å². The average Bonchev–Trinajstić information content (AvgIpc) is 2.45. The molecule has 2 rings (SSSR count). The van der Waals surface area contributed by atoms with Crippen molar-refractivity contribution < 1.29 is 0 Å². The van der Waals surface area contributed by atoms with Crippen LogP contribution in [0.1, 0.15) is 56.9 Å². The zero-order valence-electron chi connectivity index (χ0n) is 11.5. The first kappa shape index (κ1) is 13.6. The predicted octanol–water partition coefficient (Wildman–Crippen LogP) is 4.34. The van der Waals surface area contributed by atoms with Crippen LogP contribution in [-0.4, -0.2) is 12.6 Å². The fourth-order valence-electron chi connectivity index (χ4n) is 2.80. The minimum absolute atomic E-state index is 0.702. The summed E-state index contributed by atoms with van der Waals surface area (Å²) in [5.74, 6) is 0. The van der Waals surface area contributed by atoms with Gasteiger partial charge in [-0.05, 0) is 37.7 Å². The highest BCUT2D eigenvalue weighted by Gasteiger charge is 2.12. The summed E-state index contributed by atoms with van der Waals surface area (Å²) in [6, 6.07) is 11.5. The van der Waals surface area contributed by atoms with Crippen molar-refractivity contribution in [3.8, 4) is 0 Å². The summed E-state index contributed by atoms with van der Waals surface area (Å²) in [4.78, 5) is 0. The molecule has 1 radical (unpaired) electrons. The maximum Gasteiger partial charge on any atom is 0.0246 e. The maximum absolute atomic E-state index is 4.69. The molecule has 18 heavy (non-hydrogen) atoms. The quantitative estimate of drug-likeness (QED) is 0.634. The van der Waals surface area contributed by atoms with Gasteiger partial charge < -0.3 is 0 Å². The second-order valence-electron chi connectivity index (χ2n) is 5.49. The molecule has 1 nitrogen and oxygen atoms in total. The fourth-order valence-corrected chi connectivity index (χ4v) is 2.80. The minimum atomic E-state index is 0.702. The van der Waals surface area contributed by atoms with Crippen LogP contribution in [0, 0.1) is 0 Å². The van der Waals surface area contributed by atoms with Crippen LogP contribution in [0.3, 0.4) is 0 Å². The van der Waals surface area contributed by atoms with Crippen LogP contribution >= 0.6 is 0 Å². The molecular weight excluding hydrogens is 218 g/mol. The Morgan fingerprint density at radius 1 is 0.944 bits per heavy atom. The van der Waals surface area contributed by atoms with Gasteiger partial charge in [-0.15, -0.1) is 0 Å². The van der Waals surface area contributed by atoms with Crippen molar-refractivity contribution in [1.82, 2.24) is 5.32 Å². The molecule has 0 bridgehead atoms. The summed E-state index contributed by atoms with van der Waals surface area (Å²) in [6.07, 6.45) is 12.1. The highest BCUT2D eigenvalue weighted by Crippen LogP contribution is 2.16. The normalized spacial score (nSPS) is 19.9. The van der Waals surface area contributed by atoms with Gasteiger partial charge in [0.25, 0.3) is 0 Å². The molecule has 0 aromatic heterocycles. The van der Waals surface area contributed by atoms with Crippen molar-refractivity contribution in [3.05, 3.63) is 35.9 Å². The Hall–Kier alpha value is -0.820. The highest BCUT2D eigenvalue weighted by molar-refractivity contribution is 5.14. The van der Waals surface area contributed by atoms with Crippen molar-refractivity contribution >= 4 is 0 Å². The molecule has 1 heteroatoms. The molecule has 1 heterocycles. The number of hydrogen-bond donors (Lipinski definition) is 0. The summed E-state index contributed by atoms with van der Waals surface area (Å²) in [5, 5.41) is 4.69. The van der Waals surface area contributed by atoms with E-state index in [1.807, 2.05) is 0 Å². The van der Waals surface area contributed by atoms with Crippen LogP contribution in [0.5, 0.6) is 0 Å². The molecule has 0 N–H and O–H groups in total. The van der Waals surface area contributed by atoms with E-state index < -0.39 is 0 Å². The summed E-state index contributed by atoms with van der Waals surface area (Å²) >= 11 is 0. The van der Waals surface area contributed by atoms with Gasteiger partial charge in [-0.3, -0.25) is 0 Å². The molecular formula is C17H26N. The number of rotatable bonds is 7. The molecule has 1 saturated heterocycles. The lowest BCUT2D eigenvalue weighted by atomic mass is 9.98. The van der Waals surface area contributed by atoms with E-state index in [9.17, 15) is 0 Å². The van der Waals surface area contributed by atoms with Crippen molar-refractivity contribution in [1.29, 1.82) is 0 Å². The number of nitrogens with zero attached hydrogens (tertiary/aromatic N) is 1. The van der Waals surface area contributed by atoms with Gasteiger partial charge in [0.05, 0.1) is 0 Å². The van der Waals surface area contributed by atoms with Crippen LogP contribution in [0.4, 0.5) is 0 Å². The Balaban J connectivity index is 1.46. The van der Waals surface area contributed by atoms with Crippen LogP contribution in [-0.2, 0) is 6.42 Å². The summed E-state index contributed by atoms with van der Waals surface area (Å²) in [5.41, 5.74) is 1.49. The zero-order valence-corrected chi connectivity index (χ0v) is 11.5. The monoisotopic (exact) mass is 244 g/mol. The standard InChI is InChI=1S/C17H26N/c1(4-10-16-11-5-3-6-12-16)2-7-13-17-14-8-9-15-18-17/h3,5-6,11-12,17H,1-2,4,7-10,13-15H2. The Bertz CT molecular complexity index is 301. The molecule has 1 aromatic carbocycles. The highest BCUT2D eigenvalue weighted by atomic mass is 14.9. The van der Waals surface area contributed by atoms with E-state index in [2.05, 4.69) is 30.3 Å². The molecule has 0 saturated carbocycles. The van der Waals surface area contributed by atoms with E-state index in [0.717, 1.165) is 6.54 Å². The van der Waals surface area contributed by atoms with Gasteiger partial charge in [0.1, 0.15) is 0 Å². The van der Waals surface area contributed by atoms with Gasteiger partial charge in [0, 0.05) is 12.6 Å². The number of aryl methyl sites for hydroxylation is 1. The topological polar surface area (TPSA) is 14.1 Å². The van der Waals surface area contributed by atoms with Gasteiger partial charge in [-0.2, -0.15) is 0 Å². The lowest BCUT2D eigenvalue weighted by Gasteiger charge is -2.21. The van der Waals surface area contributed by atoms with E-state index >= 15 is 0 Å². The Labute approximate surface area is 112 Å². The molecule has 99 valence electrons. The number of piperidine rings is 1. The van der Waals surface area contributed by atoms with Gasteiger partial charge in [-0.25, -0.2) is 5.32 Å². The Morgan fingerprint density at radius 2 is 1.78 bits per heavy atom.